The van der Waals surface area contributed by atoms with E-state index in [0.717, 1.165) is 18.3 Å². The third-order valence-electron chi connectivity index (χ3n) is 5.21. The van der Waals surface area contributed by atoms with Crippen LogP contribution in [-0.4, -0.2) is 11.7 Å². The first kappa shape index (κ1) is 12.2. The average molecular weight is 222 g/mol. The summed E-state index contributed by atoms with van der Waals surface area (Å²) in [7, 11) is 0. The van der Waals surface area contributed by atoms with Crippen LogP contribution >= 0.6 is 0 Å². The summed E-state index contributed by atoms with van der Waals surface area (Å²) < 4.78 is 0. The summed E-state index contributed by atoms with van der Waals surface area (Å²) in [5.74, 6) is 2.33. The lowest BCUT2D eigenvalue weighted by atomic mass is 9.60. The van der Waals surface area contributed by atoms with Crippen LogP contribution in [0.15, 0.2) is 11.6 Å². The maximum absolute atomic E-state index is 9.10. The highest BCUT2D eigenvalue weighted by atomic mass is 16.3. The van der Waals surface area contributed by atoms with Crippen LogP contribution in [-0.2, 0) is 0 Å². The predicted octanol–water partition coefficient (Wildman–Crippen LogP) is 3.78. The molecule has 0 aliphatic heterocycles. The highest BCUT2D eigenvalue weighted by Gasteiger charge is 2.46. The van der Waals surface area contributed by atoms with Gasteiger partial charge in [0, 0.05) is 6.61 Å². The summed E-state index contributed by atoms with van der Waals surface area (Å²) in [5, 5.41) is 9.10. The molecule has 2 rings (SSSR count). The van der Waals surface area contributed by atoms with Gasteiger partial charge in [0.05, 0.1) is 0 Å². The summed E-state index contributed by atoms with van der Waals surface area (Å²) in [6.07, 6.45) is 8.87. The minimum Gasteiger partial charge on any atom is -0.396 e. The van der Waals surface area contributed by atoms with Gasteiger partial charge in [0.1, 0.15) is 0 Å². The second kappa shape index (κ2) is 4.52. The normalized spacial score (nSPS) is 40.4. The number of aliphatic hydroxyl groups is 1. The molecule has 0 spiro atoms. The number of rotatable bonds is 3. The van der Waals surface area contributed by atoms with Gasteiger partial charge in [-0.25, -0.2) is 0 Å². The first-order chi connectivity index (χ1) is 7.59. The lowest BCUT2D eigenvalue weighted by Gasteiger charge is -2.44. The summed E-state index contributed by atoms with van der Waals surface area (Å²) in [5.41, 5.74) is 2.10. The van der Waals surface area contributed by atoms with Crippen molar-refractivity contribution in [1.29, 1.82) is 0 Å². The van der Waals surface area contributed by atoms with Crippen molar-refractivity contribution >= 4 is 0 Å². The zero-order valence-electron chi connectivity index (χ0n) is 11.0. The van der Waals surface area contributed by atoms with Crippen molar-refractivity contribution in [2.24, 2.45) is 23.2 Å². The van der Waals surface area contributed by atoms with Crippen LogP contribution < -0.4 is 0 Å². The lowest BCUT2D eigenvalue weighted by Crippen LogP contribution is -2.35. The monoisotopic (exact) mass is 222 g/mol. The van der Waals surface area contributed by atoms with E-state index in [-0.39, 0.29) is 0 Å². The number of hydrogen-bond acceptors (Lipinski definition) is 1. The van der Waals surface area contributed by atoms with Crippen molar-refractivity contribution in [1.82, 2.24) is 0 Å². The fourth-order valence-electron chi connectivity index (χ4n) is 4.26. The molecule has 1 fully saturated rings. The minimum atomic E-state index is 0.328. The Morgan fingerprint density at radius 1 is 1.56 bits per heavy atom. The zero-order chi connectivity index (χ0) is 11.8. The molecule has 0 aromatic carbocycles. The van der Waals surface area contributed by atoms with E-state index in [1.165, 1.54) is 25.7 Å². The van der Waals surface area contributed by atoms with Crippen molar-refractivity contribution in [3.63, 3.8) is 0 Å². The number of allylic oxidation sites excluding steroid dienone is 2. The van der Waals surface area contributed by atoms with E-state index in [1.54, 1.807) is 5.57 Å². The van der Waals surface area contributed by atoms with Crippen molar-refractivity contribution in [2.45, 2.75) is 52.9 Å². The van der Waals surface area contributed by atoms with Gasteiger partial charge in [-0.05, 0) is 42.4 Å². The molecule has 0 radical (unpaired) electrons. The van der Waals surface area contributed by atoms with Crippen molar-refractivity contribution in [3.05, 3.63) is 11.6 Å². The third kappa shape index (κ3) is 1.84. The van der Waals surface area contributed by atoms with Gasteiger partial charge in [0.2, 0.25) is 0 Å². The molecule has 1 heteroatoms. The molecule has 1 N–H and O–H groups in total. The molecule has 0 heterocycles. The Hall–Kier alpha value is -0.300. The van der Waals surface area contributed by atoms with E-state index >= 15 is 0 Å². The van der Waals surface area contributed by atoms with Crippen molar-refractivity contribution < 1.29 is 5.11 Å². The van der Waals surface area contributed by atoms with Crippen molar-refractivity contribution in [2.75, 3.05) is 6.61 Å². The van der Waals surface area contributed by atoms with Gasteiger partial charge >= 0.3 is 0 Å². The van der Waals surface area contributed by atoms with Gasteiger partial charge in [-0.15, -0.1) is 0 Å². The molecule has 0 saturated heterocycles. The van der Waals surface area contributed by atoms with E-state index in [2.05, 4.69) is 26.8 Å². The smallest absolute Gasteiger partial charge is 0.0436 e. The SMILES string of the molecule is CC1CCC[C@]2(C)C([C@@H](C)CCO)=CC[C@@H]12. The Morgan fingerprint density at radius 2 is 2.31 bits per heavy atom. The van der Waals surface area contributed by atoms with Gasteiger partial charge in [0.25, 0.3) is 0 Å². The Morgan fingerprint density at radius 3 is 3.00 bits per heavy atom. The van der Waals surface area contributed by atoms with Crippen LogP contribution in [0, 0.1) is 23.2 Å². The molecule has 2 aliphatic carbocycles. The van der Waals surface area contributed by atoms with Crippen LogP contribution in [0.4, 0.5) is 0 Å². The van der Waals surface area contributed by atoms with E-state index < -0.39 is 0 Å². The predicted molar refractivity (Wildman–Crippen MR) is 68.2 cm³/mol. The zero-order valence-corrected chi connectivity index (χ0v) is 11.0. The molecule has 0 aromatic heterocycles. The van der Waals surface area contributed by atoms with E-state index in [4.69, 9.17) is 5.11 Å². The Balaban J connectivity index is 2.16. The van der Waals surface area contributed by atoms with Gasteiger partial charge in [-0.2, -0.15) is 0 Å². The van der Waals surface area contributed by atoms with E-state index in [0.29, 0.717) is 17.9 Å². The minimum absolute atomic E-state index is 0.328. The standard InChI is InChI=1S/C15H26O/c1-11-5-4-9-15(3)13(11)6-7-14(15)12(2)8-10-16/h7,11-13,16H,4-6,8-10H2,1-3H3/t11?,12-,13-,15-/m0/s1. The third-order valence-corrected chi connectivity index (χ3v) is 5.21. The molecule has 92 valence electrons. The van der Waals surface area contributed by atoms with Crippen LogP contribution in [0.25, 0.3) is 0 Å². The molecule has 4 atom stereocenters. The molecule has 16 heavy (non-hydrogen) atoms. The second-order valence-corrected chi connectivity index (χ2v) is 6.20. The molecule has 1 unspecified atom stereocenters. The first-order valence-corrected chi connectivity index (χ1v) is 6.91. The van der Waals surface area contributed by atoms with Crippen LogP contribution in [0.5, 0.6) is 0 Å². The van der Waals surface area contributed by atoms with E-state index in [1.807, 2.05) is 0 Å². The van der Waals surface area contributed by atoms with Gasteiger partial charge in [-0.3, -0.25) is 0 Å². The van der Waals surface area contributed by atoms with Crippen molar-refractivity contribution in [3.8, 4) is 0 Å². The molecule has 1 nitrogen and oxygen atoms in total. The fraction of sp³-hybridized carbons (Fsp3) is 0.867. The topological polar surface area (TPSA) is 20.2 Å². The summed E-state index contributed by atoms with van der Waals surface area (Å²) in [6, 6.07) is 0. The Bertz CT molecular complexity index is 281. The van der Waals surface area contributed by atoms with E-state index in [9.17, 15) is 0 Å². The largest absolute Gasteiger partial charge is 0.396 e. The molecule has 0 amide bonds. The molecule has 1 saturated carbocycles. The molecule has 0 bridgehead atoms. The highest BCUT2D eigenvalue weighted by molar-refractivity contribution is 5.25. The number of aliphatic hydroxyl groups excluding tert-OH is 1. The fourth-order valence-corrected chi connectivity index (χ4v) is 4.26. The average Bonchev–Trinajstić information content (AvgIpc) is 2.57. The number of hydrogen-bond donors (Lipinski definition) is 1. The lowest BCUT2D eigenvalue weighted by molar-refractivity contribution is 0.108. The maximum Gasteiger partial charge on any atom is 0.0436 e. The maximum atomic E-state index is 9.10. The summed E-state index contributed by atoms with van der Waals surface area (Å²) in [6.45, 7) is 7.51. The van der Waals surface area contributed by atoms with Crippen LogP contribution in [0.3, 0.4) is 0 Å². The molecular weight excluding hydrogens is 196 g/mol. The van der Waals surface area contributed by atoms with Gasteiger partial charge < -0.3 is 5.11 Å². The quantitative estimate of drug-likeness (QED) is 0.721. The molecule has 0 aromatic rings. The second-order valence-electron chi connectivity index (χ2n) is 6.20. The summed E-state index contributed by atoms with van der Waals surface area (Å²) >= 11 is 0. The first-order valence-electron chi connectivity index (χ1n) is 6.91. The highest BCUT2D eigenvalue weighted by Crippen LogP contribution is 2.56. The van der Waals surface area contributed by atoms with Gasteiger partial charge in [-0.1, -0.05) is 45.3 Å². The van der Waals surface area contributed by atoms with Gasteiger partial charge in [0.15, 0.2) is 0 Å². The Kier molecular flexibility index (Phi) is 3.44. The van der Waals surface area contributed by atoms with Crippen LogP contribution in [0.1, 0.15) is 52.9 Å². The summed E-state index contributed by atoms with van der Waals surface area (Å²) in [4.78, 5) is 0. The Labute approximate surface area is 99.9 Å². The van der Waals surface area contributed by atoms with Crippen LogP contribution in [0.2, 0.25) is 0 Å². The molecule has 2 aliphatic rings. The molecular formula is C15H26O. The number of fused-ring (bicyclic) bond motifs is 1.